The van der Waals surface area contributed by atoms with Gasteiger partial charge in [0.15, 0.2) is 0 Å². The molecular formula is C24H25N3O3S. The first kappa shape index (κ1) is 20.9. The zero-order valence-electron chi connectivity index (χ0n) is 17.8. The number of methoxy groups -OCH3 is 1. The second kappa shape index (κ2) is 8.81. The standard InChI is InChI=1S/C24H25N3O3S/c1-15-4-5-17(12-16(15)2)20-14-31-24(26-20)22-21(28)13-27(23(22)25)10-11-30-19-8-6-18(29-3)7-9-19/h4-9,12,14,25,28H,10-11,13H2,1-3H3. The first-order valence-electron chi connectivity index (χ1n) is 10.0. The zero-order chi connectivity index (χ0) is 22.0. The molecule has 1 aromatic heterocycles. The van der Waals surface area contributed by atoms with Crippen LogP contribution in [0.15, 0.2) is 53.6 Å². The Balaban J connectivity index is 1.40. The Kier molecular flexibility index (Phi) is 5.95. The minimum atomic E-state index is 0.176. The van der Waals surface area contributed by atoms with Gasteiger partial charge in [-0.2, -0.15) is 0 Å². The van der Waals surface area contributed by atoms with Crippen LogP contribution in [0.1, 0.15) is 16.1 Å². The maximum atomic E-state index is 10.5. The average Bonchev–Trinajstić information content (AvgIpc) is 3.35. The Labute approximate surface area is 185 Å². The van der Waals surface area contributed by atoms with Crippen molar-refractivity contribution in [1.29, 1.82) is 5.41 Å². The molecule has 6 nitrogen and oxygen atoms in total. The van der Waals surface area contributed by atoms with Crippen molar-refractivity contribution in [2.75, 3.05) is 26.8 Å². The third-order valence-electron chi connectivity index (χ3n) is 5.39. The van der Waals surface area contributed by atoms with E-state index in [9.17, 15) is 5.11 Å². The van der Waals surface area contributed by atoms with Crippen LogP contribution >= 0.6 is 11.3 Å². The van der Waals surface area contributed by atoms with E-state index in [1.54, 1.807) is 12.0 Å². The molecule has 0 fully saturated rings. The van der Waals surface area contributed by atoms with Gasteiger partial charge in [0.25, 0.3) is 0 Å². The van der Waals surface area contributed by atoms with Crippen LogP contribution in [0.4, 0.5) is 0 Å². The highest BCUT2D eigenvalue weighted by atomic mass is 32.1. The van der Waals surface area contributed by atoms with Crippen molar-refractivity contribution >= 4 is 22.7 Å². The molecular weight excluding hydrogens is 410 g/mol. The largest absolute Gasteiger partial charge is 0.510 e. The highest BCUT2D eigenvalue weighted by Crippen LogP contribution is 2.32. The lowest BCUT2D eigenvalue weighted by atomic mass is 10.1. The maximum absolute atomic E-state index is 10.5. The Bertz CT molecular complexity index is 1140. The average molecular weight is 436 g/mol. The van der Waals surface area contributed by atoms with Crippen molar-refractivity contribution in [3.8, 4) is 22.8 Å². The first-order chi connectivity index (χ1) is 15.0. The second-order valence-electron chi connectivity index (χ2n) is 7.45. The predicted molar refractivity (Wildman–Crippen MR) is 124 cm³/mol. The summed E-state index contributed by atoms with van der Waals surface area (Å²) in [4.78, 5) is 6.50. The molecule has 2 aromatic carbocycles. The van der Waals surface area contributed by atoms with Gasteiger partial charge >= 0.3 is 0 Å². The van der Waals surface area contributed by atoms with Crippen LogP contribution in [0, 0.1) is 19.3 Å². The maximum Gasteiger partial charge on any atom is 0.135 e. The Morgan fingerprint density at radius 2 is 1.84 bits per heavy atom. The first-order valence-corrected chi connectivity index (χ1v) is 10.9. The molecule has 4 rings (SSSR count). The monoisotopic (exact) mass is 435 g/mol. The van der Waals surface area contributed by atoms with Crippen LogP contribution in [0.5, 0.6) is 11.5 Å². The van der Waals surface area contributed by atoms with E-state index in [-0.39, 0.29) is 11.6 Å². The van der Waals surface area contributed by atoms with Crippen LogP contribution in [0.3, 0.4) is 0 Å². The van der Waals surface area contributed by atoms with Crippen LogP contribution < -0.4 is 9.47 Å². The Hall–Kier alpha value is -3.32. The summed E-state index contributed by atoms with van der Waals surface area (Å²) in [5, 5.41) is 21.7. The van der Waals surface area contributed by atoms with E-state index in [4.69, 9.17) is 19.9 Å². The smallest absolute Gasteiger partial charge is 0.135 e. The van der Waals surface area contributed by atoms with Crippen LogP contribution in [0.25, 0.3) is 16.8 Å². The molecule has 0 spiro atoms. The fraction of sp³-hybridized carbons (Fsp3) is 0.250. The van der Waals surface area contributed by atoms with Gasteiger partial charge in [0.2, 0.25) is 0 Å². The van der Waals surface area contributed by atoms with E-state index in [0.717, 1.165) is 22.8 Å². The number of hydrogen-bond acceptors (Lipinski definition) is 6. The molecule has 7 heteroatoms. The number of hydrogen-bond donors (Lipinski definition) is 2. The summed E-state index contributed by atoms with van der Waals surface area (Å²) in [7, 11) is 1.62. The number of amidine groups is 1. The van der Waals surface area contributed by atoms with E-state index in [1.165, 1.54) is 22.5 Å². The van der Waals surface area contributed by atoms with Gasteiger partial charge in [-0.05, 0) is 55.3 Å². The van der Waals surface area contributed by atoms with Gasteiger partial charge in [-0.25, -0.2) is 4.98 Å². The van der Waals surface area contributed by atoms with E-state index < -0.39 is 0 Å². The molecule has 0 saturated heterocycles. The minimum absolute atomic E-state index is 0.176. The Morgan fingerprint density at radius 3 is 2.55 bits per heavy atom. The number of aromatic nitrogens is 1. The summed E-state index contributed by atoms with van der Waals surface area (Å²) < 4.78 is 10.9. The highest BCUT2D eigenvalue weighted by molar-refractivity contribution is 7.11. The summed E-state index contributed by atoms with van der Waals surface area (Å²) in [6, 6.07) is 13.6. The van der Waals surface area contributed by atoms with Crippen LogP contribution in [-0.4, -0.2) is 47.6 Å². The van der Waals surface area contributed by atoms with Gasteiger partial charge in [0.1, 0.15) is 34.7 Å². The van der Waals surface area contributed by atoms with E-state index in [0.29, 0.717) is 30.3 Å². The van der Waals surface area contributed by atoms with Crippen molar-refractivity contribution in [3.05, 3.63) is 69.7 Å². The molecule has 2 N–H and O–H groups in total. The number of ether oxygens (including phenoxy) is 2. The molecule has 0 aliphatic carbocycles. The molecule has 0 saturated carbocycles. The molecule has 160 valence electrons. The van der Waals surface area contributed by atoms with Gasteiger partial charge in [-0.3, -0.25) is 5.41 Å². The van der Waals surface area contributed by atoms with Crippen molar-refractivity contribution in [2.45, 2.75) is 13.8 Å². The molecule has 31 heavy (non-hydrogen) atoms. The van der Waals surface area contributed by atoms with E-state index in [1.807, 2.05) is 29.6 Å². The SMILES string of the molecule is COc1ccc(OCCN2CC(O)=C(c3nc(-c4ccc(C)c(C)c4)cs3)C2=N)cc1. The molecule has 1 aliphatic rings. The van der Waals surface area contributed by atoms with Gasteiger partial charge in [-0.15, -0.1) is 11.3 Å². The lowest BCUT2D eigenvalue weighted by Crippen LogP contribution is -2.31. The van der Waals surface area contributed by atoms with Gasteiger partial charge in [-0.1, -0.05) is 12.1 Å². The summed E-state index contributed by atoms with van der Waals surface area (Å²) in [6.07, 6.45) is 0. The fourth-order valence-electron chi connectivity index (χ4n) is 3.42. The Morgan fingerprint density at radius 1 is 1.10 bits per heavy atom. The fourth-order valence-corrected chi connectivity index (χ4v) is 4.31. The molecule has 2 heterocycles. The van der Waals surface area contributed by atoms with E-state index in [2.05, 4.69) is 32.0 Å². The summed E-state index contributed by atoms with van der Waals surface area (Å²) in [5.74, 6) is 1.96. The number of aliphatic hydroxyl groups excluding tert-OH is 1. The van der Waals surface area contributed by atoms with Crippen molar-refractivity contribution in [3.63, 3.8) is 0 Å². The zero-order valence-corrected chi connectivity index (χ0v) is 18.6. The predicted octanol–water partition coefficient (Wildman–Crippen LogP) is 5.08. The van der Waals surface area contributed by atoms with Gasteiger partial charge in [0, 0.05) is 10.9 Å². The third-order valence-corrected chi connectivity index (χ3v) is 6.25. The number of benzene rings is 2. The summed E-state index contributed by atoms with van der Waals surface area (Å²) in [5.41, 5.74) is 4.86. The number of thiazole rings is 1. The highest BCUT2D eigenvalue weighted by Gasteiger charge is 2.30. The topological polar surface area (TPSA) is 78.7 Å². The second-order valence-corrected chi connectivity index (χ2v) is 8.31. The number of aryl methyl sites for hydroxylation is 2. The lowest BCUT2D eigenvalue weighted by molar-refractivity contribution is 0.265. The van der Waals surface area contributed by atoms with Crippen molar-refractivity contribution in [1.82, 2.24) is 9.88 Å². The molecule has 0 atom stereocenters. The van der Waals surface area contributed by atoms with Crippen LogP contribution in [0.2, 0.25) is 0 Å². The number of nitrogens with zero attached hydrogens (tertiary/aromatic N) is 2. The van der Waals surface area contributed by atoms with Crippen molar-refractivity contribution < 1.29 is 14.6 Å². The third kappa shape index (κ3) is 4.41. The van der Waals surface area contributed by atoms with E-state index >= 15 is 0 Å². The van der Waals surface area contributed by atoms with Crippen molar-refractivity contribution in [2.24, 2.45) is 0 Å². The molecule has 1 aliphatic heterocycles. The molecule has 3 aromatic rings. The van der Waals surface area contributed by atoms with Gasteiger partial charge in [0.05, 0.1) is 31.5 Å². The normalized spacial score (nSPS) is 13.8. The van der Waals surface area contributed by atoms with Gasteiger partial charge < -0.3 is 19.5 Å². The molecule has 0 bridgehead atoms. The molecule has 0 unspecified atom stereocenters. The molecule has 0 radical (unpaired) electrons. The quantitative estimate of drug-likeness (QED) is 0.541. The minimum Gasteiger partial charge on any atom is -0.510 e. The summed E-state index contributed by atoms with van der Waals surface area (Å²) in [6.45, 7) is 5.35. The lowest BCUT2D eigenvalue weighted by Gasteiger charge is -2.18. The molecule has 0 amide bonds. The summed E-state index contributed by atoms with van der Waals surface area (Å²) >= 11 is 1.45. The van der Waals surface area contributed by atoms with Crippen LogP contribution in [-0.2, 0) is 0 Å². The number of nitrogens with one attached hydrogen (secondary N) is 1. The number of aliphatic hydroxyl groups is 1. The number of rotatable bonds is 7.